The van der Waals surface area contributed by atoms with Crippen LogP contribution in [0.3, 0.4) is 0 Å². The fraction of sp³-hybridized carbons (Fsp3) is 0.227. The number of amides is 2. The maximum absolute atomic E-state index is 13.0. The minimum Gasteiger partial charge on any atom is -0.465 e. The number of aromatic amines is 1. The van der Waals surface area contributed by atoms with Crippen molar-refractivity contribution in [3.05, 3.63) is 64.8 Å². The molecule has 29 heavy (non-hydrogen) atoms. The predicted octanol–water partition coefficient (Wildman–Crippen LogP) is 3.11. The van der Waals surface area contributed by atoms with Gasteiger partial charge in [-0.1, -0.05) is 0 Å². The zero-order chi connectivity index (χ0) is 20.5. The van der Waals surface area contributed by atoms with Gasteiger partial charge in [0.25, 0.3) is 5.91 Å². The van der Waals surface area contributed by atoms with Crippen molar-refractivity contribution < 1.29 is 19.1 Å². The Bertz CT molecular complexity index is 1120. The van der Waals surface area contributed by atoms with Crippen molar-refractivity contribution in [2.24, 2.45) is 0 Å². The normalized spacial score (nSPS) is 13.1. The number of benzene rings is 2. The van der Waals surface area contributed by atoms with Gasteiger partial charge in [0.15, 0.2) is 0 Å². The van der Waals surface area contributed by atoms with E-state index in [1.807, 2.05) is 12.1 Å². The molecule has 0 saturated heterocycles. The molecule has 0 aliphatic carbocycles. The molecule has 3 aromatic rings. The average Bonchev–Trinajstić information content (AvgIpc) is 3.09. The lowest BCUT2D eigenvalue weighted by Gasteiger charge is -2.27. The molecule has 2 heterocycles. The first-order valence-corrected chi connectivity index (χ1v) is 9.35. The number of esters is 1. The highest BCUT2D eigenvalue weighted by Crippen LogP contribution is 2.29. The van der Waals surface area contributed by atoms with E-state index in [0.717, 1.165) is 22.2 Å². The second-order valence-corrected chi connectivity index (χ2v) is 7.07. The number of carbonyl (C=O) groups excluding carboxylic acids is 3. The molecule has 0 radical (unpaired) electrons. The topological polar surface area (TPSA) is 91.5 Å². The molecule has 7 heteroatoms. The first kappa shape index (κ1) is 18.7. The molecule has 148 valence electrons. The highest BCUT2D eigenvalue weighted by molar-refractivity contribution is 5.98. The summed E-state index contributed by atoms with van der Waals surface area (Å²) in [7, 11) is 1.36. The number of H-pyrrole nitrogens is 1. The monoisotopic (exact) mass is 391 g/mol. The Labute approximate surface area is 167 Å². The zero-order valence-electron chi connectivity index (χ0n) is 16.2. The summed E-state index contributed by atoms with van der Waals surface area (Å²) >= 11 is 0. The first-order valence-electron chi connectivity index (χ1n) is 9.35. The lowest BCUT2D eigenvalue weighted by molar-refractivity contribution is -0.114. The van der Waals surface area contributed by atoms with Crippen molar-refractivity contribution in [1.29, 1.82) is 0 Å². The fourth-order valence-electron chi connectivity index (χ4n) is 3.71. The standard InChI is InChI=1S/C22H21N3O4/c1-13(26)23-16-6-3-14(4-7-16)21(27)25-10-9-20-18(12-25)17-11-15(22(28)29-2)5-8-19(17)24-20/h3-8,11,24H,9-10,12H2,1-2H3,(H,23,26). The Kier molecular flexibility index (Phi) is 4.80. The van der Waals surface area contributed by atoms with Crippen LogP contribution < -0.4 is 5.32 Å². The van der Waals surface area contributed by atoms with Gasteiger partial charge >= 0.3 is 5.97 Å². The number of fused-ring (bicyclic) bond motifs is 3. The van der Waals surface area contributed by atoms with E-state index in [2.05, 4.69) is 10.3 Å². The number of hydrogen-bond acceptors (Lipinski definition) is 4. The maximum Gasteiger partial charge on any atom is 0.337 e. The molecule has 0 atom stereocenters. The molecule has 0 unspecified atom stereocenters. The molecular weight excluding hydrogens is 370 g/mol. The highest BCUT2D eigenvalue weighted by Gasteiger charge is 2.25. The lowest BCUT2D eigenvalue weighted by Crippen LogP contribution is -2.35. The van der Waals surface area contributed by atoms with E-state index in [9.17, 15) is 14.4 Å². The van der Waals surface area contributed by atoms with Crippen molar-refractivity contribution in [2.75, 3.05) is 19.0 Å². The summed E-state index contributed by atoms with van der Waals surface area (Å²) in [4.78, 5) is 41.2. The van der Waals surface area contributed by atoms with Crippen molar-refractivity contribution in [2.45, 2.75) is 19.9 Å². The molecule has 2 amide bonds. The van der Waals surface area contributed by atoms with Crippen LogP contribution in [0, 0.1) is 0 Å². The summed E-state index contributed by atoms with van der Waals surface area (Å²) in [6.45, 7) is 2.51. The van der Waals surface area contributed by atoms with E-state index in [0.29, 0.717) is 36.3 Å². The van der Waals surface area contributed by atoms with Gasteiger partial charge in [0.1, 0.15) is 0 Å². The van der Waals surface area contributed by atoms with E-state index < -0.39 is 0 Å². The molecule has 0 saturated carbocycles. The number of aromatic nitrogens is 1. The summed E-state index contributed by atoms with van der Waals surface area (Å²) in [6.07, 6.45) is 0.716. The second-order valence-electron chi connectivity index (χ2n) is 7.07. The second kappa shape index (κ2) is 7.43. The van der Waals surface area contributed by atoms with Gasteiger partial charge in [-0.15, -0.1) is 0 Å². The van der Waals surface area contributed by atoms with E-state index in [1.165, 1.54) is 14.0 Å². The van der Waals surface area contributed by atoms with E-state index >= 15 is 0 Å². The number of rotatable bonds is 3. The minimum atomic E-state index is -0.384. The maximum atomic E-state index is 13.0. The smallest absolute Gasteiger partial charge is 0.337 e. The molecule has 1 aliphatic heterocycles. The quantitative estimate of drug-likeness (QED) is 0.671. The van der Waals surface area contributed by atoms with Gasteiger partial charge in [-0.05, 0) is 42.5 Å². The summed E-state index contributed by atoms with van der Waals surface area (Å²) in [5.74, 6) is -0.605. The molecule has 2 aromatic carbocycles. The van der Waals surface area contributed by atoms with Crippen LogP contribution in [0.25, 0.3) is 10.9 Å². The molecular formula is C22H21N3O4. The Morgan fingerprint density at radius 1 is 1.07 bits per heavy atom. The largest absolute Gasteiger partial charge is 0.465 e. The summed E-state index contributed by atoms with van der Waals surface area (Å²) in [5, 5.41) is 3.63. The highest BCUT2D eigenvalue weighted by atomic mass is 16.5. The molecule has 7 nitrogen and oxygen atoms in total. The third-order valence-corrected chi connectivity index (χ3v) is 5.14. The Morgan fingerprint density at radius 3 is 2.48 bits per heavy atom. The number of hydrogen-bond donors (Lipinski definition) is 2. The molecule has 2 N–H and O–H groups in total. The van der Waals surface area contributed by atoms with E-state index in [4.69, 9.17) is 4.74 Å². The van der Waals surface area contributed by atoms with Crippen molar-refractivity contribution >= 4 is 34.4 Å². The molecule has 0 bridgehead atoms. The molecule has 4 rings (SSSR count). The van der Waals surface area contributed by atoms with Crippen molar-refractivity contribution in [3.8, 4) is 0 Å². The summed E-state index contributed by atoms with van der Waals surface area (Å²) < 4.78 is 4.82. The van der Waals surface area contributed by atoms with Gasteiger partial charge in [-0.25, -0.2) is 4.79 Å². The SMILES string of the molecule is COC(=O)c1ccc2[nH]c3c(c2c1)CN(C(=O)c1ccc(NC(C)=O)cc1)CC3. The van der Waals surface area contributed by atoms with Crippen molar-refractivity contribution in [1.82, 2.24) is 9.88 Å². The molecule has 1 aromatic heterocycles. The Morgan fingerprint density at radius 2 is 1.79 bits per heavy atom. The zero-order valence-corrected chi connectivity index (χ0v) is 16.2. The average molecular weight is 391 g/mol. The van der Waals surface area contributed by atoms with Crippen LogP contribution in [0.4, 0.5) is 5.69 Å². The number of nitrogens with zero attached hydrogens (tertiary/aromatic N) is 1. The minimum absolute atomic E-state index is 0.0662. The summed E-state index contributed by atoms with van der Waals surface area (Å²) in [6, 6.07) is 12.3. The number of carbonyl (C=O) groups is 3. The van der Waals surface area contributed by atoms with Crippen LogP contribution in [0.1, 0.15) is 38.9 Å². The van der Waals surface area contributed by atoms with E-state index in [-0.39, 0.29) is 17.8 Å². The van der Waals surface area contributed by atoms with Gasteiger partial charge in [0, 0.05) is 59.8 Å². The Balaban J connectivity index is 1.59. The van der Waals surface area contributed by atoms with Crippen LogP contribution in [0.2, 0.25) is 0 Å². The predicted molar refractivity (Wildman–Crippen MR) is 109 cm³/mol. The van der Waals surface area contributed by atoms with Crippen LogP contribution in [0.5, 0.6) is 0 Å². The number of ether oxygens (including phenoxy) is 1. The summed E-state index contributed by atoms with van der Waals surface area (Å²) in [5.41, 5.74) is 4.77. The molecule has 0 fully saturated rings. The number of anilines is 1. The van der Waals surface area contributed by atoms with Crippen molar-refractivity contribution in [3.63, 3.8) is 0 Å². The van der Waals surface area contributed by atoms with Crippen LogP contribution in [0.15, 0.2) is 42.5 Å². The van der Waals surface area contributed by atoms with Gasteiger partial charge in [0.2, 0.25) is 5.91 Å². The van der Waals surface area contributed by atoms with Crippen LogP contribution in [-0.4, -0.2) is 41.3 Å². The molecule has 0 spiro atoms. The van der Waals surface area contributed by atoms with Gasteiger partial charge < -0.3 is 19.9 Å². The lowest BCUT2D eigenvalue weighted by atomic mass is 10.0. The fourth-order valence-corrected chi connectivity index (χ4v) is 3.71. The number of methoxy groups -OCH3 is 1. The van der Waals surface area contributed by atoms with Gasteiger partial charge in [-0.2, -0.15) is 0 Å². The van der Waals surface area contributed by atoms with Crippen LogP contribution in [-0.2, 0) is 22.5 Å². The van der Waals surface area contributed by atoms with Gasteiger partial charge in [-0.3, -0.25) is 9.59 Å². The van der Waals surface area contributed by atoms with E-state index in [1.54, 1.807) is 35.2 Å². The third-order valence-electron chi connectivity index (χ3n) is 5.14. The molecule has 1 aliphatic rings. The Hall–Kier alpha value is -3.61. The third kappa shape index (κ3) is 3.59. The first-order chi connectivity index (χ1) is 14.0. The van der Waals surface area contributed by atoms with Gasteiger partial charge in [0.05, 0.1) is 12.7 Å². The van der Waals surface area contributed by atoms with Crippen LogP contribution >= 0.6 is 0 Å². The number of nitrogens with one attached hydrogen (secondary N) is 2.